The van der Waals surface area contributed by atoms with Crippen molar-refractivity contribution in [3.8, 4) is 5.75 Å². The maximum Gasteiger partial charge on any atom is 0.433 e. The van der Waals surface area contributed by atoms with Crippen molar-refractivity contribution in [2.24, 2.45) is 0 Å². The summed E-state index contributed by atoms with van der Waals surface area (Å²) in [5, 5.41) is 7.26. The molecule has 1 aromatic carbocycles. The van der Waals surface area contributed by atoms with Crippen molar-refractivity contribution < 1.29 is 31.3 Å². The van der Waals surface area contributed by atoms with Gasteiger partial charge in [-0.1, -0.05) is 6.07 Å². The Kier molecular flexibility index (Phi) is 6.00. The fourth-order valence-electron chi connectivity index (χ4n) is 3.07. The summed E-state index contributed by atoms with van der Waals surface area (Å²) >= 11 is 0. The molecule has 10 nitrogen and oxygen atoms in total. The molecule has 3 heterocycles. The van der Waals surface area contributed by atoms with E-state index in [0.717, 1.165) is 12.1 Å². The minimum Gasteiger partial charge on any atom is -0.494 e. The molecule has 4 aromatic rings. The second kappa shape index (κ2) is 8.78. The van der Waals surface area contributed by atoms with Crippen molar-refractivity contribution in [1.82, 2.24) is 19.7 Å². The SMILES string of the molecule is COc1cc2nn(CCS(=N)(=O)c3ncco3)cc2cc1NC(=O)c1cccc(C(F)(F)F)n1. The second-order valence-corrected chi connectivity index (χ2v) is 9.15. The number of fused-ring (bicyclic) bond motifs is 1. The Balaban J connectivity index is 1.56. The zero-order valence-electron chi connectivity index (χ0n) is 17.5. The van der Waals surface area contributed by atoms with E-state index < -0.39 is 33.2 Å². The van der Waals surface area contributed by atoms with Crippen LogP contribution in [0.25, 0.3) is 10.9 Å². The van der Waals surface area contributed by atoms with Crippen LogP contribution in [0.3, 0.4) is 0 Å². The number of hydrogen-bond donors (Lipinski definition) is 2. The highest BCUT2D eigenvalue weighted by atomic mass is 32.2. The lowest BCUT2D eigenvalue weighted by Gasteiger charge is -2.11. The summed E-state index contributed by atoms with van der Waals surface area (Å²) < 4.78 is 70.9. The van der Waals surface area contributed by atoms with Crippen LogP contribution >= 0.6 is 0 Å². The standard InChI is InChI=1S/C20H17F3N6O4S/c1-32-16-10-14-12(11-29(28-14)6-8-34(24,31)19-25-5-7-33-19)9-15(16)27-18(30)13-3-2-4-17(26-13)20(21,22)23/h2-5,7,9-11,24H,6,8H2,1H3,(H,27,30). The largest absolute Gasteiger partial charge is 0.494 e. The first-order chi connectivity index (χ1) is 16.1. The summed E-state index contributed by atoms with van der Waals surface area (Å²) in [6.07, 6.45) is -0.527. The highest BCUT2D eigenvalue weighted by molar-refractivity contribution is 7.92. The van der Waals surface area contributed by atoms with Crippen LogP contribution in [0.15, 0.2) is 58.6 Å². The first-order valence-corrected chi connectivity index (χ1v) is 11.4. The highest BCUT2D eigenvalue weighted by Gasteiger charge is 2.33. The van der Waals surface area contributed by atoms with Gasteiger partial charge in [-0.2, -0.15) is 18.3 Å². The smallest absolute Gasteiger partial charge is 0.433 e. The normalized spacial score (nSPS) is 13.5. The quantitative estimate of drug-likeness (QED) is 0.399. The van der Waals surface area contributed by atoms with E-state index >= 15 is 0 Å². The summed E-state index contributed by atoms with van der Waals surface area (Å²) in [5.41, 5.74) is -0.911. The molecular formula is C20H17F3N6O4S. The molecule has 0 bridgehead atoms. The summed E-state index contributed by atoms with van der Waals surface area (Å²) in [6, 6.07) is 6.11. The van der Waals surface area contributed by atoms with Crippen molar-refractivity contribution in [1.29, 1.82) is 4.78 Å². The maximum absolute atomic E-state index is 12.9. The third-order valence-electron chi connectivity index (χ3n) is 4.69. The zero-order valence-corrected chi connectivity index (χ0v) is 18.3. The van der Waals surface area contributed by atoms with E-state index in [1.807, 2.05) is 0 Å². The average molecular weight is 494 g/mol. The van der Waals surface area contributed by atoms with Gasteiger partial charge in [0.25, 0.3) is 11.1 Å². The number of carbonyl (C=O) groups is 1. The van der Waals surface area contributed by atoms with Crippen LogP contribution in [0.5, 0.6) is 5.75 Å². The number of oxazole rings is 1. The molecule has 1 amide bonds. The van der Waals surface area contributed by atoms with Gasteiger partial charge < -0.3 is 14.5 Å². The zero-order chi connectivity index (χ0) is 24.5. The van der Waals surface area contributed by atoms with Crippen LogP contribution in [0.1, 0.15) is 16.2 Å². The number of nitrogens with one attached hydrogen (secondary N) is 2. The third-order valence-corrected chi connectivity index (χ3v) is 6.22. The number of pyridine rings is 1. The lowest BCUT2D eigenvalue weighted by molar-refractivity contribution is -0.141. The Labute approximate surface area is 190 Å². The molecular weight excluding hydrogens is 477 g/mol. The van der Waals surface area contributed by atoms with E-state index in [-0.39, 0.29) is 29.0 Å². The summed E-state index contributed by atoms with van der Waals surface area (Å²) in [7, 11) is -1.88. The van der Waals surface area contributed by atoms with Crippen LogP contribution in [0.4, 0.5) is 18.9 Å². The Morgan fingerprint density at radius 3 is 2.79 bits per heavy atom. The molecule has 0 spiro atoms. The molecule has 0 aliphatic rings. The molecule has 4 rings (SSSR count). The van der Waals surface area contributed by atoms with Gasteiger partial charge in [0.2, 0.25) is 0 Å². The van der Waals surface area contributed by atoms with Gasteiger partial charge in [-0.15, -0.1) is 0 Å². The number of halogens is 3. The van der Waals surface area contributed by atoms with E-state index in [1.165, 1.54) is 42.5 Å². The lowest BCUT2D eigenvalue weighted by Crippen LogP contribution is -2.17. The number of alkyl halides is 3. The predicted octanol–water partition coefficient (Wildman–Crippen LogP) is 3.80. The van der Waals surface area contributed by atoms with Gasteiger partial charge in [0.05, 0.1) is 36.8 Å². The van der Waals surface area contributed by atoms with Crippen molar-refractivity contribution >= 4 is 32.2 Å². The van der Waals surface area contributed by atoms with Crippen molar-refractivity contribution in [2.75, 3.05) is 18.2 Å². The minimum atomic E-state index is -4.68. The average Bonchev–Trinajstić information content (AvgIpc) is 3.47. The van der Waals surface area contributed by atoms with Gasteiger partial charge in [-0.25, -0.2) is 19.0 Å². The Morgan fingerprint density at radius 2 is 2.12 bits per heavy atom. The summed E-state index contributed by atoms with van der Waals surface area (Å²) in [6.45, 7) is 0.123. The number of aromatic nitrogens is 4. The molecule has 0 saturated heterocycles. The lowest BCUT2D eigenvalue weighted by atomic mass is 10.2. The number of aryl methyl sites for hydroxylation is 1. The number of amides is 1. The topological polar surface area (TPSA) is 136 Å². The van der Waals surface area contributed by atoms with E-state index in [0.29, 0.717) is 10.9 Å². The van der Waals surface area contributed by atoms with Crippen molar-refractivity contribution in [3.63, 3.8) is 0 Å². The monoisotopic (exact) mass is 494 g/mol. The molecule has 1 unspecified atom stereocenters. The van der Waals surface area contributed by atoms with E-state index in [9.17, 15) is 22.2 Å². The molecule has 0 saturated carbocycles. The van der Waals surface area contributed by atoms with Crippen LogP contribution in [-0.2, 0) is 22.5 Å². The molecule has 0 aliphatic carbocycles. The maximum atomic E-state index is 12.9. The van der Waals surface area contributed by atoms with E-state index in [2.05, 4.69) is 20.4 Å². The van der Waals surface area contributed by atoms with Gasteiger partial charge in [-0.05, 0) is 18.2 Å². The number of ether oxygens (including phenoxy) is 1. The molecule has 178 valence electrons. The molecule has 1 atom stereocenters. The number of nitrogens with zero attached hydrogens (tertiary/aromatic N) is 4. The Bertz CT molecular complexity index is 1450. The van der Waals surface area contributed by atoms with Crippen LogP contribution < -0.4 is 10.1 Å². The molecule has 2 N–H and O–H groups in total. The second-order valence-electron chi connectivity index (χ2n) is 7.04. The number of hydrogen-bond acceptors (Lipinski definition) is 8. The van der Waals surface area contributed by atoms with Crippen molar-refractivity contribution in [3.05, 3.63) is 60.4 Å². The first-order valence-electron chi connectivity index (χ1n) is 9.63. The molecule has 0 fully saturated rings. The number of carbonyl (C=O) groups excluding carboxylic acids is 1. The third kappa shape index (κ3) is 4.85. The number of methoxy groups -OCH3 is 1. The molecule has 34 heavy (non-hydrogen) atoms. The number of benzene rings is 1. The molecule has 3 aromatic heterocycles. The van der Waals surface area contributed by atoms with Gasteiger partial charge >= 0.3 is 6.18 Å². The molecule has 0 aliphatic heterocycles. The van der Waals surface area contributed by atoms with Crippen LogP contribution in [0.2, 0.25) is 0 Å². The van der Waals surface area contributed by atoms with Crippen LogP contribution in [0, 0.1) is 4.78 Å². The fraction of sp³-hybridized carbons (Fsp3) is 0.200. The van der Waals surface area contributed by atoms with Gasteiger partial charge in [-0.3, -0.25) is 9.48 Å². The number of rotatable bonds is 7. The van der Waals surface area contributed by atoms with E-state index in [1.54, 1.807) is 6.20 Å². The minimum absolute atomic E-state index is 0.0938. The van der Waals surface area contributed by atoms with Gasteiger partial charge in [0.1, 0.15) is 33.1 Å². The predicted molar refractivity (Wildman–Crippen MR) is 114 cm³/mol. The first kappa shape index (κ1) is 23.2. The Morgan fingerprint density at radius 1 is 1.32 bits per heavy atom. The van der Waals surface area contributed by atoms with Gasteiger partial charge in [0, 0.05) is 17.6 Å². The fourth-order valence-corrected chi connectivity index (χ4v) is 4.13. The summed E-state index contributed by atoms with van der Waals surface area (Å²) in [5.74, 6) is -0.720. The molecule has 14 heteroatoms. The number of anilines is 1. The van der Waals surface area contributed by atoms with Crippen LogP contribution in [-0.4, -0.2) is 42.7 Å². The van der Waals surface area contributed by atoms with E-state index in [4.69, 9.17) is 13.9 Å². The van der Waals surface area contributed by atoms with Crippen molar-refractivity contribution in [2.45, 2.75) is 17.9 Å². The highest BCUT2D eigenvalue weighted by Crippen LogP contribution is 2.31. The Hall–Kier alpha value is -3.94. The summed E-state index contributed by atoms with van der Waals surface area (Å²) in [4.78, 5) is 19.7. The molecule has 0 radical (unpaired) electrons. The van der Waals surface area contributed by atoms with Gasteiger partial charge in [0.15, 0.2) is 0 Å².